The van der Waals surface area contributed by atoms with Crippen LogP contribution in [0.3, 0.4) is 0 Å². The molecular formula is C31H36. The van der Waals surface area contributed by atoms with E-state index in [-0.39, 0.29) is 5.41 Å². The lowest BCUT2D eigenvalue weighted by atomic mass is 9.83. The molecule has 0 heterocycles. The molecule has 0 aliphatic heterocycles. The quantitative estimate of drug-likeness (QED) is 0.305. The fraction of sp³-hybridized carbons (Fsp3) is 0.355. The molecule has 3 rings (SSSR count). The maximum Gasteiger partial charge on any atom is 0.0432 e. The molecule has 0 saturated heterocycles. The molecule has 0 heteroatoms. The summed E-state index contributed by atoms with van der Waals surface area (Å²) >= 11 is 0. The molecule has 0 spiro atoms. The van der Waals surface area contributed by atoms with Crippen molar-refractivity contribution in [3.63, 3.8) is 0 Å². The summed E-state index contributed by atoms with van der Waals surface area (Å²) in [4.78, 5) is 0. The molecule has 3 aliphatic rings. The van der Waals surface area contributed by atoms with E-state index in [1.807, 2.05) is 6.08 Å². The van der Waals surface area contributed by atoms with Gasteiger partial charge in [-0.15, -0.1) is 0 Å². The molecule has 0 aromatic heterocycles. The summed E-state index contributed by atoms with van der Waals surface area (Å²) < 4.78 is 0. The minimum absolute atomic E-state index is 0.231. The number of rotatable bonds is 6. The van der Waals surface area contributed by atoms with Gasteiger partial charge in [-0.05, 0) is 91.9 Å². The van der Waals surface area contributed by atoms with E-state index in [9.17, 15) is 0 Å². The Morgan fingerprint density at radius 3 is 2.77 bits per heavy atom. The summed E-state index contributed by atoms with van der Waals surface area (Å²) in [6.07, 6.45) is 30.7. The van der Waals surface area contributed by atoms with Crippen LogP contribution < -0.4 is 0 Å². The van der Waals surface area contributed by atoms with Gasteiger partial charge in [-0.1, -0.05) is 92.0 Å². The van der Waals surface area contributed by atoms with Gasteiger partial charge in [-0.2, -0.15) is 0 Å². The molecule has 0 fully saturated rings. The summed E-state index contributed by atoms with van der Waals surface area (Å²) in [5.74, 6) is 7.06. The van der Waals surface area contributed by atoms with Crippen LogP contribution in [0, 0.1) is 23.2 Å². The molecule has 0 aromatic carbocycles. The second kappa shape index (κ2) is 10.5. The minimum Gasteiger partial charge on any atom is -0.0906 e. The third-order valence-electron chi connectivity index (χ3n) is 6.52. The van der Waals surface area contributed by atoms with Gasteiger partial charge in [-0.3, -0.25) is 0 Å². The third kappa shape index (κ3) is 6.11. The summed E-state index contributed by atoms with van der Waals surface area (Å²) in [5.41, 5.74) is 8.67. The van der Waals surface area contributed by atoms with Crippen LogP contribution >= 0.6 is 0 Å². The largest absolute Gasteiger partial charge is 0.0906 e. The highest BCUT2D eigenvalue weighted by Crippen LogP contribution is 2.45. The van der Waals surface area contributed by atoms with Gasteiger partial charge in [0.15, 0.2) is 0 Å². The van der Waals surface area contributed by atoms with Gasteiger partial charge in [0.1, 0.15) is 0 Å². The van der Waals surface area contributed by atoms with Crippen molar-refractivity contribution in [2.24, 2.45) is 11.3 Å². The van der Waals surface area contributed by atoms with Gasteiger partial charge in [0.05, 0.1) is 0 Å². The predicted octanol–water partition coefficient (Wildman–Crippen LogP) is 8.52. The first kappa shape index (κ1) is 22.9. The second-order valence-corrected chi connectivity index (χ2v) is 9.34. The van der Waals surface area contributed by atoms with Crippen LogP contribution in [0.4, 0.5) is 0 Å². The van der Waals surface area contributed by atoms with Crippen molar-refractivity contribution in [3.8, 4) is 11.8 Å². The summed E-state index contributed by atoms with van der Waals surface area (Å²) in [7, 11) is 0. The third-order valence-corrected chi connectivity index (χ3v) is 6.52. The Morgan fingerprint density at radius 2 is 2.06 bits per heavy atom. The van der Waals surface area contributed by atoms with E-state index in [1.165, 1.54) is 33.4 Å². The Morgan fingerprint density at radius 1 is 1.26 bits per heavy atom. The van der Waals surface area contributed by atoms with Crippen molar-refractivity contribution in [2.45, 2.75) is 60.3 Å². The molecule has 3 aliphatic carbocycles. The second-order valence-electron chi connectivity index (χ2n) is 9.34. The van der Waals surface area contributed by atoms with Crippen molar-refractivity contribution < 1.29 is 0 Å². The Balaban J connectivity index is 1.55. The minimum atomic E-state index is 0.231. The molecule has 0 amide bonds. The average Bonchev–Trinajstić information content (AvgIpc) is 3.29. The molecule has 0 aromatic rings. The molecule has 1 unspecified atom stereocenters. The van der Waals surface area contributed by atoms with Gasteiger partial charge in [0.2, 0.25) is 0 Å². The van der Waals surface area contributed by atoms with Crippen LogP contribution in [0.1, 0.15) is 60.3 Å². The topological polar surface area (TPSA) is 0 Å². The van der Waals surface area contributed by atoms with E-state index in [0.29, 0.717) is 5.92 Å². The summed E-state index contributed by atoms with van der Waals surface area (Å²) in [6, 6.07) is 0. The van der Waals surface area contributed by atoms with Gasteiger partial charge < -0.3 is 0 Å². The Bertz CT molecular complexity index is 1020. The fourth-order valence-corrected chi connectivity index (χ4v) is 4.20. The Hall–Kier alpha value is -2.78. The zero-order valence-corrected chi connectivity index (χ0v) is 19.8. The van der Waals surface area contributed by atoms with Crippen molar-refractivity contribution in [3.05, 3.63) is 106 Å². The van der Waals surface area contributed by atoms with E-state index in [2.05, 4.69) is 113 Å². The predicted molar refractivity (Wildman–Crippen MR) is 136 cm³/mol. The maximum absolute atomic E-state index is 3.40. The van der Waals surface area contributed by atoms with Gasteiger partial charge in [0, 0.05) is 5.92 Å². The SMILES string of the molecule is C/C=C\C=C1/CC(C)(C)C(C)=C1/C=C\C#CC1C=C(/C(C)=C/C=C\CC2=CCC=C2)C1. The van der Waals surface area contributed by atoms with Crippen LogP contribution in [0.5, 0.6) is 0 Å². The molecule has 0 bridgehead atoms. The van der Waals surface area contributed by atoms with E-state index >= 15 is 0 Å². The maximum atomic E-state index is 3.40. The monoisotopic (exact) mass is 408 g/mol. The molecule has 0 N–H and O–H groups in total. The highest BCUT2D eigenvalue weighted by atomic mass is 14.4. The Labute approximate surface area is 189 Å². The lowest BCUT2D eigenvalue weighted by Crippen LogP contribution is -2.08. The summed E-state index contributed by atoms with van der Waals surface area (Å²) in [6.45, 7) is 11.2. The molecule has 1 atom stereocenters. The molecule has 0 radical (unpaired) electrons. The molecule has 0 saturated carbocycles. The lowest BCUT2D eigenvalue weighted by Gasteiger charge is -2.21. The highest BCUT2D eigenvalue weighted by Gasteiger charge is 2.31. The van der Waals surface area contributed by atoms with Crippen LogP contribution in [0.15, 0.2) is 106 Å². The molecule has 0 nitrogen and oxygen atoms in total. The van der Waals surface area contributed by atoms with E-state index in [0.717, 1.165) is 25.7 Å². The smallest absolute Gasteiger partial charge is 0.0432 e. The first-order valence-corrected chi connectivity index (χ1v) is 11.5. The van der Waals surface area contributed by atoms with Gasteiger partial charge >= 0.3 is 0 Å². The molecule has 160 valence electrons. The number of hydrogen-bond donors (Lipinski definition) is 0. The fourth-order valence-electron chi connectivity index (χ4n) is 4.20. The molecule has 31 heavy (non-hydrogen) atoms. The standard InChI is InChI=1S/C31H36/c1-6-7-19-28-23-31(4,5)25(3)30(28)20-13-12-18-27-21-29(22-27)24(2)14-8-9-15-26-16-10-11-17-26/h6-10,13-14,16-17,19-21,27H,11,15,22-23H2,1-5H3/b7-6-,9-8-,20-13-,24-14+,28-19+. The summed E-state index contributed by atoms with van der Waals surface area (Å²) in [5, 5.41) is 0. The first-order valence-electron chi connectivity index (χ1n) is 11.5. The van der Waals surface area contributed by atoms with Crippen molar-refractivity contribution >= 4 is 0 Å². The normalized spacial score (nSPS) is 24.4. The Kier molecular flexibility index (Phi) is 7.75. The first-order chi connectivity index (χ1) is 14.9. The van der Waals surface area contributed by atoms with Crippen LogP contribution in [0.2, 0.25) is 0 Å². The zero-order chi connectivity index (χ0) is 22.3. The number of allylic oxidation sites excluding steroid dienone is 18. The van der Waals surface area contributed by atoms with Gasteiger partial charge in [0.25, 0.3) is 0 Å². The van der Waals surface area contributed by atoms with E-state index in [4.69, 9.17) is 0 Å². The van der Waals surface area contributed by atoms with E-state index < -0.39 is 0 Å². The van der Waals surface area contributed by atoms with Crippen molar-refractivity contribution in [1.29, 1.82) is 0 Å². The van der Waals surface area contributed by atoms with Crippen LogP contribution in [0.25, 0.3) is 0 Å². The zero-order valence-electron chi connectivity index (χ0n) is 19.8. The van der Waals surface area contributed by atoms with Crippen molar-refractivity contribution in [1.82, 2.24) is 0 Å². The lowest BCUT2D eigenvalue weighted by molar-refractivity contribution is 0.467. The van der Waals surface area contributed by atoms with Crippen LogP contribution in [-0.2, 0) is 0 Å². The van der Waals surface area contributed by atoms with E-state index in [1.54, 1.807) is 0 Å². The van der Waals surface area contributed by atoms with Gasteiger partial charge in [-0.25, -0.2) is 0 Å². The molecular weight excluding hydrogens is 372 g/mol. The van der Waals surface area contributed by atoms with Crippen LogP contribution in [-0.4, -0.2) is 0 Å². The average molecular weight is 409 g/mol. The number of hydrogen-bond acceptors (Lipinski definition) is 0. The highest BCUT2D eigenvalue weighted by molar-refractivity contribution is 5.53. The van der Waals surface area contributed by atoms with Crippen molar-refractivity contribution in [2.75, 3.05) is 0 Å².